The van der Waals surface area contributed by atoms with E-state index in [0.717, 1.165) is 32.5 Å². The highest BCUT2D eigenvalue weighted by Crippen LogP contribution is 2.13. The van der Waals surface area contributed by atoms with Crippen molar-refractivity contribution in [2.45, 2.75) is 38.3 Å². The lowest BCUT2D eigenvalue weighted by Gasteiger charge is -2.28. The second-order valence-electron chi connectivity index (χ2n) is 5.47. The van der Waals surface area contributed by atoms with Gasteiger partial charge in [-0.3, -0.25) is 0 Å². The number of benzene rings is 1. The third kappa shape index (κ3) is 4.84. The Hall–Kier alpha value is -1.06. The van der Waals surface area contributed by atoms with Crippen LogP contribution in [0.4, 0.5) is 5.69 Å². The number of rotatable bonds is 6. The molecular weight excluding hydrogens is 236 g/mol. The molecule has 1 aliphatic rings. The average molecular weight is 262 g/mol. The number of hydrogen-bond donors (Lipinski definition) is 1. The SMILES string of the molecule is CC1CC(NCCCN(C)c2ccccc2)CCO1. The van der Waals surface area contributed by atoms with Gasteiger partial charge in [-0.15, -0.1) is 0 Å². The highest BCUT2D eigenvalue weighted by Gasteiger charge is 2.18. The Morgan fingerprint density at radius 3 is 2.84 bits per heavy atom. The number of nitrogens with zero attached hydrogens (tertiary/aromatic N) is 1. The van der Waals surface area contributed by atoms with E-state index in [1.54, 1.807) is 0 Å². The Bertz CT molecular complexity index is 355. The zero-order valence-electron chi connectivity index (χ0n) is 12.1. The summed E-state index contributed by atoms with van der Waals surface area (Å²) in [6.45, 7) is 5.25. The molecule has 1 fully saturated rings. The molecule has 106 valence electrons. The molecule has 2 unspecified atom stereocenters. The normalized spacial score (nSPS) is 23.3. The van der Waals surface area contributed by atoms with Crippen molar-refractivity contribution in [1.82, 2.24) is 5.32 Å². The van der Waals surface area contributed by atoms with E-state index in [2.05, 4.69) is 54.5 Å². The lowest BCUT2D eigenvalue weighted by molar-refractivity contribution is 0.0134. The molecule has 2 rings (SSSR count). The summed E-state index contributed by atoms with van der Waals surface area (Å²) < 4.78 is 5.56. The Kier molecular flexibility index (Phi) is 5.67. The predicted octanol–water partition coefficient (Wildman–Crippen LogP) is 2.67. The molecule has 1 aromatic carbocycles. The number of ether oxygens (including phenoxy) is 1. The summed E-state index contributed by atoms with van der Waals surface area (Å²) in [4.78, 5) is 2.31. The van der Waals surface area contributed by atoms with E-state index in [1.165, 1.54) is 12.1 Å². The van der Waals surface area contributed by atoms with E-state index >= 15 is 0 Å². The van der Waals surface area contributed by atoms with Gasteiger partial charge in [-0.25, -0.2) is 0 Å². The first kappa shape index (κ1) is 14.4. The predicted molar refractivity (Wildman–Crippen MR) is 80.8 cm³/mol. The van der Waals surface area contributed by atoms with E-state index in [-0.39, 0.29) is 0 Å². The largest absolute Gasteiger partial charge is 0.378 e. The Balaban J connectivity index is 1.61. The Labute approximate surface area is 116 Å². The van der Waals surface area contributed by atoms with Crippen molar-refractivity contribution in [2.24, 2.45) is 0 Å². The van der Waals surface area contributed by atoms with Gasteiger partial charge in [0.15, 0.2) is 0 Å². The van der Waals surface area contributed by atoms with Crippen LogP contribution in [0.1, 0.15) is 26.2 Å². The molecule has 0 radical (unpaired) electrons. The van der Waals surface area contributed by atoms with Crippen molar-refractivity contribution in [3.8, 4) is 0 Å². The smallest absolute Gasteiger partial charge is 0.0561 e. The van der Waals surface area contributed by atoms with Crippen LogP contribution in [0.15, 0.2) is 30.3 Å². The maximum absolute atomic E-state index is 5.56. The van der Waals surface area contributed by atoms with E-state index < -0.39 is 0 Å². The molecule has 3 nitrogen and oxygen atoms in total. The van der Waals surface area contributed by atoms with Crippen molar-refractivity contribution < 1.29 is 4.74 Å². The number of hydrogen-bond acceptors (Lipinski definition) is 3. The fourth-order valence-electron chi connectivity index (χ4n) is 2.62. The second kappa shape index (κ2) is 7.51. The van der Waals surface area contributed by atoms with Crippen LogP contribution in [-0.2, 0) is 4.74 Å². The molecule has 0 aliphatic carbocycles. The first-order valence-corrected chi connectivity index (χ1v) is 7.37. The zero-order valence-corrected chi connectivity index (χ0v) is 12.1. The first-order chi connectivity index (χ1) is 9.25. The summed E-state index contributed by atoms with van der Waals surface area (Å²) in [5, 5.41) is 3.65. The molecule has 0 spiro atoms. The fourth-order valence-corrected chi connectivity index (χ4v) is 2.62. The van der Waals surface area contributed by atoms with Crippen LogP contribution in [0.5, 0.6) is 0 Å². The maximum Gasteiger partial charge on any atom is 0.0561 e. The molecule has 1 heterocycles. The van der Waals surface area contributed by atoms with Crippen LogP contribution >= 0.6 is 0 Å². The van der Waals surface area contributed by atoms with E-state index in [1.807, 2.05) is 0 Å². The Morgan fingerprint density at radius 2 is 2.11 bits per heavy atom. The quantitative estimate of drug-likeness (QED) is 0.798. The molecule has 0 bridgehead atoms. The second-order valence-corrected chi connectivity index (χ2v) is 5.47. The third-order valence-electron chi connectivity index (χ3n) is 3.79. The van der Waals surface area contributed by atoms with Crippen LogP contribution in [-0.4, -0.2) is 38.9 Å². The van der Waals surface area contributed by atoms with Gasteiger partial charge in [-0.1, -0.05) is 18.2 Å². The monoisotopic (exact) mass is 262 g/mol. The molecule has 1 N–H and O–H groups in total. The summed E-state index contributed by atoms with van der Waals surface area (Å²) >= 11 is 0. The van der Waals surface area contributed by atoms with Gasteiger partial charge in [-0.2, -0.15) is 0 Å². The summed E-state index contributed by atoms with van der Waals surface area (Å²) in [6.07, 6.45) is 3.89. The van der Waals surface area contributed by atoms with Gasteiger partial charge in [0, 0.05) is 31.9 Å². The lowest BCUT2D eigenvalue weighted by Crippen LogP contribution is -2.39. The van der Waals surface area contributed by atoms with Crippen molar-refractivity contribution in [3.63, 3.8) is 0 Å². The molecule has 1 aliphatic heterocycles. The van der Waals surface area contributed by atoms with Gasteiger partial charge in [0.25, 0.3) is 0 Å². The fraction of sp³-hybridized carbons (Fsp3) is 0.625. The lowest BCUT2D eigenvalue weighted by atomic mass is 10.0. The minimum atomic E-state index is 0.415. The molecule has 0 amide bonds. The summed E-state index contributed by atoms with van der Waals surface area (Å²) in [5.41, 5.74) is 1.29. The third-order valence-corrected chi connectivity index (χ3v) is 3.79. The van der Waals surface area contributed by atoms with Gasteiger partial charge >= 0.3 is 0 Å². The summed E-state index contributed by atoms with van der Waals surface area (Å²) in [7, 11) is 2.16. The van der Waals surface area contributed by atoms with Crippen LogP contribution in [0.3, 0.4) is 0 Å². The minimum absolute atomic E-state index is 0.415. The van der Waals surface area contributed by atoms with Crippen molar-refractivity contribution in [3.05, 3.63) is 30.3 Å². The van der Waals surface area contributed by atoms with Gasteiger partial charge in [-0.05, 0) is 44.9 Å². The zero-order chi connectivity index (χ0) is 13.5. The number of para-hydroxylation sites is 1. The van der Waals surface area contributed by atoms with Crippen molar-refractivity contribution in [1.29, 1.82) is 0 Å². The van der Waals surface area contributed by atoms with Crippen LogP contribution < -0.4 is 10.2 Å². The van der Waals surface area contributed by atoms with Crippen LogP contribution in [0, 0.1) is 0 Å². The van der Waals surface area contributed by atoms with E-state index in [4.69, 9.17) is 4.74 Å². The molecule has 1 aromatic rings. The maximum atomic E-state index is 5.56. The van der Waals surface area contributed by atoms with Crippen LogP contribution in [0.25, 0.3) is 0 Å². The van der Waals surface area contributed by atoms with Gasteiger partial charge < -0.3 is 15.0 Å². The number of anilines is 1. The number of nitrogens with one attached hydrogen (secondary N) is 1. The molecule has 19 heavy (non-hydrogen) atoms. The molecule has 2 atom stereocenters. The molecular formula is C16H26N2O. The van der Waals surface area contributed by atoms with E-state index in [9.17, 15) is 0 Å². The van der Waals surface area contributed by atoms with Gasteiger partial charge in [0.1, 0.15) is 0 Å². The van der Waals surface area contributed by atoms with Crippen molar-refractivity contribution in [2.75, 3.05) is 31.6 Å². The highest BCUT2D eigenvalue weighted by atomic mass is 16.5. The van der Waals surface area contributed by atoms with Crippen molar-refractivity contribution >= 4 is 5.69 Å². The van der Waals surface area contributed by atoms with Gasteiger partial charge in [0.2, 0.25) is 0 Å². The molecule has 0 saturated carbocycles. The van der Waals surface area contributed by atoms with Gasteiger partial charge in [0.05, 0.1) is 6.10 Å². The summed E-state index contributed by atoms with van der Waals surface area (Å²) in [5.74, 6) is 0. The highest BCUT2D eigenvalue weighted by molar-refractivity contribution is 5.44. The molecule has 3 heteroatoms. The minimum Gasteiger partial charge on any atom is -0.378 e. The van der Waals surface area contributed by atoms with Crippen LogP contribution in [0.2, 0.25) is 0 Å². The summed E-state index contributed by atoms with van der Waals surface area (Å²) in [6, 6.07) is 11.2. The molecule has 1 saturated heterocycles. The molecule has 0 aromatic heterocycles. The first-order valence-electron chi connectivity index (χ1n) is 7.37. The van der Waals surface area contributed by atoms with E-state index in [0.29, 0.717) is 12.1 Å². The average Bonchev–Trinajstić information content (AvgIpc) is 2.44. The standard InChI is InChI=1S/C16H26N2O/c1-14-13-15(9-12-19-14)17-10-6-11-18(2)16-7-4-3-5-8-16/h3-5,7-8,14-15,17H,6,9-13H2,1-2H3. The topological polar surface area (TPSA) is 24.5 Å². The Morgan fingerprint density at radius 1 is 1.32 bits per heavy atom.